The lowest BCUT2D eigenvalue weighted by Crippen LogP contribution is -2.51. The zero-order valence-corrected chi connectivity index (χ0v) is 20.4. The number of carboxylic acid groups (broad SMARTS) is 1. The number of benzene rings is 2. The van der Waals surface area contributed by atoms with Crippen molar-refractivity contribution in [1.29, 1.82) is 0 Å². The van der Waals surface area contributed by atoms with Gasteiger partial charge in [0.2, 0.25) is 5.91 Å². The van der Waals surface area contributed by atoms with E-state index in [-0.39, 0.29) is 36.7 Å². The standard InChI is InChI=1S/C28H34N2O5/c1-3-25(27(33)30-14-8-9-19(16-30)18(2)15-26(31)32)29-28(34)35-17-24-22-12-6-4-10-20(22)21-11-5-7-13-23(21)24/h4-7,10-13,18-19,24-25H,3,8-9,14-17H2,1-2H3,(H,29,34)(H,31,32)/t18?,19?,25-/m0/s1. The molecule has 1 saturated heterocycles. The molecule has 4 rings (SSSR count). The molecule has 7 nitrogen and oxygen atoms in total. The zero-order valence-electron chi connectivity index (χ0n) is 20.4. The minimum Gasteiger partial charge on any atom is -0.481 e. The molecule has 2 unspecified atom stereocenters. The van der Waals surface area contributed by atoms with Gasteiger partial charge in [0.15, 0.2) is 0 Å². The van der Waals surface area contributed by atoms with Crippen LogP contribution in [0.3, 0.4) is 0 Å². The Morgan fingerprint density at radius 1 is 1.09 bits per heavy atom. The van der Waals surface area contributed by atoms with Gasteiger partial charge in [0.05, 0.1) is 0 Å². The molecule has 3 atom stereocenters. The van der Waals surface area contributed by atoms with E-state index < -0.39 is 18.1 Å². The molecule has 0 aromatic heterocycles. The number of nitrogens with one attached hydrogen (secondary N) is 1. The first-order valence-corrected chi connectivity index (χ1v) is 12.5. The first-order valence-electron chi connectivity index (χ1n) is 12.5. The molecule has 0 bridgehead atoms. The predicted octanol–water partition coefficient (Wildman–Crippen LogP) is 4.65. The number of aliphatic carboxylic acids is 1. The van der Waals surface area contributed by atoms with Gasteiger partial charge in [-0.2, -0.15) is 0 Å². The maximum Gasteiger partial charge on any atom is 0.407 e. The quantitative estimate of drug-likeness (QED) is 0.576. The van der Waals surface area contributed by atoms with E-state index in [1.165, 1.54) is 0 Å². The van der Waals surface area contributed by atoms with Crippen LogP contribution in [0.25, 0.3) is 11.1 Å². The molecule has 2 aliphatic rings. The normalized spacial score (nSPS) is 18.8. The highest BCUT2D eigenvalue weighted by molar-refractivity contribution is 5.86. The Hall–Kier alpha value is -3.35. The summed E-state index contributed by atoms with van der Waals surface area (Å²) in [5.74, 6) is -0.839. The van der Waals surface area contributed by atoms with Crippen molar-refractivity contribution in [2.45, 2.75) is 51.5 Å². The van der Waals surface area contributed by atoms with Gasteiger partial charge in [-0.1, -0.05) is 62.4 Å². The van der Waals surface area contributed by atoms with Crippen molar-refractivity contribution in [3.63, 3.8) is 0 Å². The van der Waals surface area contributed by atoms with Crippen LogP contribution in [0.15, 0.2) is 48.5 Å². The summed E-state index contributed by atoms with van der Waals surface area (Å²) in [6, 6.07) is 15.6. The van der Waals surface area contributed by atoms with Crippen LogP contribution in [0.5, 0.6) is 0 Å². The van der Waals surface area contributed by atoms with Gasteiger partial charge in [0.1, 0.15) is 12.6 Å². The van der Waals surface area contributed by atoms with E-state index in [0.29, 0.717) is 19.5 Å². The lowest BCUT2D eigenvalue weighted by molar-refractivity contribution is -0.139. The van der Waals surface area contributed by atoms with Crippen LogP contribution < -0.4 is 5.32 Å². The minimum absolute atomic E-state index is 0.00160. The molecule has 7 heteroatoms. The molecule has 1 heterocycles. The van der Waals surface area contributed by atoms with Crippen molar-refractivity contribution >= 4 is 18.0 Å². The Morgan fingerprint density at radius 3 is 2.31 bits per heavy atom. The second-order valence-corrected chi connectivity index (χ2v) is 9.69. The number of amides is 2. The smallest absolute Gasteiger partial charge is 0.407 e. The summed E-state index contributed by atoms with van der Waals surface area (Å²) >= 11 is 0. The SMILES string of the molecule is CC[C@H](NC(=O)OCC1c2ccccc2-c2ccccc21)C(=O)N1CCCC(C(C)CC(=O)O)C1. The van der Waals surface area contributed by atoms with Gasteiger partial charge in [-0.15, -0.1) is 0 Å². The molecule has 35 heavy (non-hydrogen) atoms. The van der Waals surface area contributed by atoms with Crippen molar-refractivity contribution in [1.82, 2.24) is 10.2 Å². The molecule has 1 aliphatic heterocycles. The average Bonchev–Trinajstić information content (AvgIpc) is 3.19. The molecule has 2 aromatic rings. The van der Waals surface area contributed by atoms with Crippen LogP contribution in [-0.4, -0.2) is 53.7 Å². The third-order valence-corrected chi connectivity index (χ3v) is 7.41. The highest BCUT2D eigenvalue weighted by Gasteiger charge is 2.33. The number of fused-ring (bicyclic) bond motifs is 3. The van der Waals surface area contributed by atoms with E-state index in [2.05, 4.69) is 29.6 Å². The van der Waals surface area contributed by atoms with Crippen molar-refractivity contribution in [2.24, 2.45) is 11.8 Å². The number of alkyl carbamates (subject to hydrolysis) is 1. The number of ether oxygens (including phenoxy) is 1. The highest BCUT2D eigenvalue weighted by Crippen LogP contribution is 2.44. The number of piperidine rings is 1. The van der Waals surface area contributed by atoms with Gasteiger partial charge < -0.3 is 20.1 Å². The van der Waals surface area contributed by atoms with E-state index >= 15 is 0 Å². The fourth-order valence-corrected chi connectivity index (χ4v) is 5.46. The number of likely N-dealkylation sites (tertiary alicyclic amines) is 1. The molecule has 2 N–H and O–H groups in total. The lowest BCUT2D eigenvalue weighted by Gasteiger charge is -2.37. The molecule has 2 amide bonds. The lowest BCUT2D eigenvalue weighted by atomic mass is 9.84. The Morgan fingerprint density at radius 2 is 1.71 bits per heavy atom. The number of carboxylic acids is 1. The number of rotatable bonds is 8. The summed E-state index contributed by atoms with van der Waals surface area (Å²) in [5.41, 5.74) is 4.60. The van der Waals surface area contributed by atoms with Gasteiger partial charge in [0, 0.05) is 25.4 Å². The number of hydrogen-bond acceptors (Lipinski definition) is 4. The van der Waals surface area contributed by atoms with Crippen molar-refractivity contribution in [2.75, 3.05) is 19.7 Å². The molecule has 0 radical (unpaired) electrons. The van der Waals surface area contributed by atoms with E-state index in [1.54, 1.807) is 4.90 Å². The Labute approximate surface area is 206 Å². The topological polar surface area (TPSA) is 95.9 Å². The molecule has 2 aromatic carbocycles. The average molecular weight is 479 g/mol. The second-order valence-electron chi connectivity index (χ2n) is 9.69. The fourth-order valence-electron chi connectivity index (χ4n) is 5.46. The number of nitrogens with zero attached hydrogens (tertiary/aromatic N) is 1. The van der Waals surface area contributed by atoms with Crippen LogP contribution in [0.4, 0.5) is 4.79 Å². The van der Waals surface area contributed by atoms with Gasteiger partial charge in [-0.05, 0) is 53.4 Å². The van der Waals surface area contributed by atoms with Crippen LogP contribution in [0, 0.1) is 11.8 Å². The first kappa shape index (κ1) is 24.8. The van der Waals surface area contributed by atoms with Gasteiger partial charge in [-0.3, -0.25) is 9.59 Å². The molecule has 1 aliphatic carbocycles. The largest absolute Gasteiger partial charge is 0.481 e. The van der Waals surface area contributed by atoms with Gasteiger partial charge in [-0.25, -0.2) is 4.79 Å². The van der Waals surface area contributed by atoms with E-state index in [0.717, 1.165) is 35.1 Å². The maximum atomic E-state index is 13.2. The molecular formula is C28H34N2O5. The molecule has 186 valence electrons. The van der Waals surface area contributed by atoms with Crippen LogP contribution in [0.2, 0.25) is 0 Å². The first-order chi connectivity index (χ1) is 16.9. The van der Waals surface area contributed by atoms with Crippen LogP contribution >= 0.6 is 0 Å². The van der Waals surface area contributed by atoms with Crippen molar-refractivity contribution in [3.05, 3.63) is 59.7 Å². The van der Waals surface area contributed by atoms with E-state index in [1.807, 2.05) is 38.1 Å². The molecule has 0 saturated carbocycles. The molecule has 1 fully saturated rings. The molecule has 0 spiro atoms. The number of carbonyl (C=O) groups is 3. The van der Waals surface area contributed by atoms with Crippen molar-refractivity contribution < 1.29 is 24.2 Å². The fraction of sp³-hybridized carbons (Fsp3) is 0.464. The summed E-state index contributed by atoms with van der Waals surface area (Å²) in [5, 5.41) is 11.9. The minimum atomic E-state index is -0.815. The third-order valence-electron chi connectivity index (χ3n) is 7.41. The Kier molecular flexibility index (Phi) is 7.73. The zero-order chi connectivity index (χ0) is 24.9. The number of hydrogen-bond donors (Lipinski definition) is 2. The number of carbonyl (C=O) groups excluding carboxylic acids is 2. The van der Waals surface area contributed by atoms with Crippen LogP contribution in [0.1, 0.15) is 56.6 Å². The second kappa shape index (κ2) is 10.9. The van der Waals surface area contributed by atoms with Gasteiger partial charge in [0.25, 0.3) is 0 Å². The summed E-state index contributed by atoms with van der Waals surface area (Å²) in [6.45, 7) is 5.14. The summed E-state index contributed by atoms with van der Waals surface area (Å²) in [7, 11) is 0. The van der Waals surface area contributed by atoms with Crippen LogP contribution in [-0.2, 0) is 14.3 Å². The van der Waals surface area contributed by atoms with E-state index in [9.17, 15) is 14.4 Å². The summed E-state index contributed by atoms with van der Waals surface area (Å²) in [6.07, 6.45) is 1.70. The highest BCUT2D eigenvalue weighted by atomic mass is 16.5. The van der Waals surface area contributed by atoms with Crippen molar-refractivity contribution in [3.8, 4) is 11.1 Å². The predicted molar refractivity (Wildman–Crippen MR) is 133 cm³/mol. The maximum absolute atomic E-state index is 13.2. The summed E-state index contributed by atoms with van der Waals surface area (Å²) < 4.78 is 5.63. The third kappa shape index (κ3) is 5.50. The molecular weight excluding hydrogens is 444 g/mol. The summed E-state index contributed by atoms with van der Waals surface area (Å²) in [4.78, 5) is 38.8. The Balaban J connectivity index is 1.35. The van der Waals surface area contributed by atoms with Gasteiger partial charge >= 0.3 is 12.1 Å². The van der Waals surface area contributed by atoms with E-state index in [4.69, 9.17) is 9.84 Å². The Bertz CT molecular complexity index is 1040. The monoisotopic (exact) mass is 478 g/mol.